The molecule has 0 bridgehead atoms. The third kappa shape index (κ3) is 2.16. The summed E-state index contributed by atoms with van der Waals surface area (Å²) in [7, 11) is 0. The summed E-state index contributed by atoms with van der Waals surface area (Å²) < 4.78 is 0. The topological polar surface area (TPSA) is 35.8 Å². The lowest BCUT2D eigenvalue weighted by atomic mass is 9.77. The number of hydrogen-bond donors (Lipinski definition) is 1. The van der Waals surface area contributed by atoms with Crippen LogP contribution in [0.1, 0.15) is 29.5 Å². The Hall–Kier alpha value is -2.27. The lowest BCUT2D eigenvalue weighted by molar-refractivity contribution is 0.504. The standard InChI is InChI=1S/C18H18N2/c1-14-8-10-16(11-9-14)20-18(13-19)12-4-6-15-5-2-3-7-17(15)18/h2-3,5,7-11,20H,4,6,12H2,1H3. The van der Waals surface area contributed by atoms with Gasteiger partial charge in [-0.25, -0.2) is 0 Å². The van der Waals surface area contributed by atoms with Crippen LogP contribution in [0.2, 0.25) is 0 Å². The molecule has 100 valence electrons. The second-order valence-electron chi connectivity index (χ2n) is 5.52. The maximum absolute atomic E-state index is 9.79. The van der Waals surface area contributed by atoms with Gasteiger partial charge in [0.1, 0.15) is 0 Å². The lowest BCUT2D eigenvalue weighted by Crippen LogP contribution is -2.37. The van der Waals surface area contributed by atoms with Crippen molar-refractivity contribution in [1.29, 1.82) is 5.26 Å². The van der Waals surface area contributed by atoms with Crippen LogP contribution in [0.25, 0.3) is 0 Å². The molecule has 1 unspecified atom stereocenters. The van der Waals surface area contributed by atoms with Gasteiger partial charge in [-0.1, -0.05) is 42.0 Å². The first-order valence-electron chi connectivity index (χ1n) is 7.08. The highest BCUT2D eigenvalue weighted by Gasteiger charge is 2.36. The first-order chi connectivity index (χ1) is 9.73. The lowest BCUT2D eigenvalue weighted by Gasteiger charge is -2.35. The molecule has 1 aliphatic carbocycles. The van der Waals surface area contributed by atoms with Gasteiger partial charge < -0.3 is 5.32 Å². The summed E-state index contributed by atoms with van der Waals surface area (Å²) in [5.41, 5.74) is 4.07. The zero-order valence-electron chi connectivity index (χ0n) is 11.7. The summed E-state index contributed by atoms with van der Waals surface area (Å²) in [4.78, 5) is 0. The van der Waals surface area contributed by atoms with E-state index in [2.05, 4.69) is 48.6 Å². The molecule has 2 aromatic carbocycles. The largest absolute Gasteiger partial charge is 0.364 e. The molecule has 0 radical (unpaired) electrons. The molecule has 2 nitrogen and oxygen atoms in total. The molecule has 3 rings (SSSR count). The Kier molecular flexibility index (Phi) is 3.20. The Morgan fingerprint density at radius 1 is 1.10 bits per heavy atom. The predicted octanol–water partition coefficient (Wildman–Crippen LogP) is 4.16. The van der Waals surface area contributed by atoms with Crippen molar-refractivity contribution in [2.75, 3.05) is 5.32 Å². The van der Waals surface area contributed by atoms with Gasteiger partial charge in [-0.2, -0.15) is 5.26 Å². The van der Waals surface area contributed by atoms with Crippen LogP contribution in [0.4, 0.5) is 5.69 Å². The third-order valence-corrected chi connectivity index (χ3v) is 4.08. The van der Waals surface area contributed by atoms with E-state index >= 15 is 0 Å². The van der Waals surface area contributed by atoms with Gasteiger partial charge in [0.2, 0.25) is 0 Å². The van der Waals surface area contributed by atoms with E-state index < -0.39 is 5.54 Å². The molecule has 1 atom stereocenters. The fourth-order valence-electron chi connectivity index (χ4n) is 2.99. The van der Waals surface area contributed by atoms with Crippen molar-refractivity contribution in [1.82, 2.24) is 0 Å². The summed E-state index contributed by atoms with van der Waals surface area (Å²) >= 11 is 0. The Morgan fingerprint density at radius 2 is 1.85 bits per heavy atom. The minimum absolute atomic E-state index is 0.593. The highest BCUT2D eigenvalue weighted by atomic mass is 15.0. The summed E-state index contributed by atoms with van der Waals surface area (Å²) in [6, 6.07) is 19.1. The zero-order chi connectivity index (χ0) is 14.0. The zero-order valence-corrected chi connectivity index (χ0v) is 11.7. The first kappa shape index (κ1) is 12.7. The van der Waals surface area contributed by atoms with Crippen molar-refractivity contribution in [3.63, 3.8) is 0 Å². The molecular formula is C18H18N2. The van der Waals surface area contributed by atoms with E-state index in [0.29, 0.717) is 0 Å². The molecule has 1 aliphatic rings. The van der Waals surface area contributed by atoms with Crippen LogP contribution < -0.4 is 5.32 Å². The van der Waals surface area contributed by atoms with E-state index in [1.807, 2.05) is 18.2 Å². The molecule has 0 amide bonds. The fourth-order valence-corrected chi connectivity index (χ4v) is 2.99. The monoisotopic (exact) mass is 262 g/mol. The number of fused-ring (bicyclic) bond motifs is 1. The van der Waals surface area contributed by atoms with E-state index in [1.165, 1.54) is 11.1 Å². The van der Waals surface area contributed by atoms with Crippen LogP contribution in [-0.4, -0.2) is 0 Å². The summed E-state index contributed by atoms with van der Waals surface area (Å²) in [5, 5.41) is 13.3. The maximum atomic E-state index is 9.79. The molecule has 0 spiro atoms. The Morgan fingerprint density at radius 3 is 2.60 bits per heavy atom. The molecule has 0 aromatic heterocycles. The van der Waals surface area contributed by atoms with Crippen molar-refractivity contribution in [3.05, 3.63) is 65.2 Å². The average Bonchev–Trinajstić information content (AvgIpc) is 2.50. The van der Waals surface area contributed by atoms with Crippen molar-refractivity contribution in [2.45, 2.75) is 31.7 Å². The molecule has 0 saturated carbocycles. The van der Waals surface area contributed by atoms with Gasteiger partial charge in [0.25, 0.3) is 0 Å². The minimum Gasteiger partial charge on any atom is -0.364 e. The van der Waals surface area contributed by atoms with Gasteiger partial charge in [-0.3, -0.25) is 0 Å². The van der Waals surface area contributed by atoms with Gasteiger partial charge in [0, 0.05) is 5.69 Å². The summed E-state index contributed by atoms with van der Waals surface area (Å²) in [5.74, 6) is 0. The molecule has 0 heterocycles. The highest BCUT2D eigenvalue weighted by Crippen LogP contribution is 2.37. The van der Waals surface area contributed by atoms with Crippen molar-refractivity contribution in [3.8, 4) is 6.07 Å². The van der Waals surface area contributed by atoms with Crippen molar-refractivity contribution < 1.29 is 0 Å². The van der Waals surface area contributed by atoms with E-state index in [-0.39, 0.29) is 0 Å². The Labute approximate surface area is 120 Å². The van der Waals surface area contributed by atoms with Gasteiger partial charge >= 0.3 is 0 Å². The van der Waals surface area contributed by atoms with Gasteiger partial charge in [0.15, 0.2) is 5.54 Å². The molecule has 2 aromatic rings. The highest BCUT2D eigenvalue weighted by molar-refractivity contribution is 5.54. The quantitative estimate of drug-likeness (QED) is 0.882. The molecule has 0 saturated heterocycles. The Bertz CT molecular complexity index is 652. The van der Waals surface area contributed by atoms with Crippen LogP contribution in [0.3, 0.4) is 0 Å². The number of nitrogens with zero attached hydrogens (tertiary/aromatic N) is 1. The van der Waals surface area contributed by atoms with Crippen molar-refractivity contribution >= 4 is 5.69 Å². The van der Waals surface area contributed by atoms with Gasteiger partial charge in [-0.15, -0.1) is 0 Å². The van der Waals surface area contributed by atoms with Gasteiger partial charge in [0.05, 0.1) is 6.07 Å². The second kappa shape index (κ2) is 5.02. The number of aryl methyl sites for hydroxylation is 2. The third-order valence-electron chi connectivity index (χ3n) is 4.08. The second-order valence-corrected chi connectivity index (χ2v) is 5.52. The first-order valence-corrected chi connectivity index (χ1v) is 7.08. The summed E-state index contributed by atoms with van der Waals surface area (Å²) in [6.07, 6.45) is 2.97. The fraction of sp³-hybridized carbons (Fsp3) is 0.278. The number of anilines is 1. The number of nitrogens with one attached hydrogen (secondary N) is 1. The van der Waals surface area contributed by atoms with Crippen LogP contribution in [0.5, 0.6) is 0 Å². The maximum Gasteiger partial charge on any atom is 0.151 e. The average molecular weight is 262 g/mol. The van der Waals surface area contributed by atoms with E-state index in [4.69, 9.17) is 0 Å². The number of hydrogen-bond acceptors (Lipinski definition) is 2. The van der Waals surface area contributed by atoms with E-state index in [0.717, 1.165) is 30.5 Å². The SMILES string of the molecule is Cc1ccc(NC2(C#N)CCCc3ccccc32)cc1. The molecule has 20 heavy (non-hydrogen) atoms. The van der Waals surface area contributed by atoms with Crippen LogP contribution in [-0.2, 0) is 12.0 Å². The minimum atomic E-state index is -0.593. The number of nitriles is 1. The Balaban J connectivity index is 2.01. The van der Waals surface area contributed by atoms with E-state index in [1.54, 1.807) is 0 Å². The summed E-state index contributed by atoms with van der Waals surface area (Å²) in [6.45, 7) is 2.07. The van der Waals surface area contributed by atoms with Crippen molar-refractivity contribution in [2.24, 2.45) is 0 Å². The van der Waals surface area contributed by atoms with Crippen LogP contribution in [0.15, 0.2) is 48.5 Å². The molecule has 1 N–H and O–H groups in total. The van der Waals surface area contributed by atoms with E-state index in [9.17, 15) is 5.26 Å². The number of rotatable bonds is 2. The normalized spacial score (nSPS) is 20.8. The number of benzene rings is 2. The predicted molar refractivity (Wildman–Crippen MR) is 81.5 cm³/mol. The van der Waals surface area contributed by atoms with Gasteiger partial charge in [-0.05, 0) is 49.4 Å². The van der Waals surface area contributed by atoms with Crippen LogP contribution >= 0.6 is 0 Å². The molecule has 0 aliphatic heterocycles. The molecule has 0 fully saturated rings. The van der Waals surface area contributed by atoms with Crippen LogP contribution in [0, 0.1) is 18.3 Å². The molecule has 2 heteroatoms. The molecular weight excluding hydrogens is 244 g/mol. The smallest absolute Gasteiger partial charge is 0.151 e.